The predicted molar refractivity (Wildman–Crippen MR) is 114 cm³/mol. The standard InChI is InChI=1S/C22H20ClFN4O3/c1-12(20(29)25-14-9-7-13(24)8-10-14)28-11-17-18(21(28)30)19(26-22(31)27(17)2)15-5-3-4-6-16(15)23/h3-10,12,19H,11H2,1-2H3,(H,25,29)(H,26,31). The molecule has 0 spiro atoms. The molecule has 0 saturated carbocycles. The molecule has 2 atom stereocenters. The third-order valence-electron chi connectivity index (χ3n) is 5.56. The van der Waals surface area contributed by atoms with E-state index in [4.69, 9.17) is 11.6 Å². The average molecular weight is 443 g/mol. The molecule has 9 heteroatoms. The van der Waals surface area contributed by atoms with Gasteiger partial charge in [-0.25, -0.2) is 9.18 Å². The van der Waals surface area contributed by atoms with Gasteiger partial charge in [0.05, 0.1) is 23.9 Å². The summed E-state index contributed by atoms with van der Waals surface area (Å²) >= 11 is 6.33. The van der Waals surface area contributed by atoms with Crippen LogP contribution in [0, 0.1) is 5.82 Å². The third kappa shape index (κ3) is 3.74. The first-order valence-electron chi connectivity index (χ1n) is 9.67. The van der Waals surface area contributed by atoms with Gasteiger partial charge in [0.15, 0.2) is 0 Å². The number of halogens is 2. The molecule has 2 heterocycles. The number of likely N-dealkylation sites (N-methyl/N-ethyl adjacent to an activating group) is 1. The molecule has 2 unspecified atom stereocenters. The van der Waals surface area contributed by atoms with Gasteiger partial charge in [0.25, 0.3) is 5.91 Å². The van der Waals surface area contributed by atoms with Gasteiger partial charge in [-0.2, -0.15) is 0 Å². The Morgan fingerprint density at radius 3 is 2.55 bits per heavy atom. The molecule has 2 N–H and O–H groups in total. The van der Waals surface area contributed by atoms with Crippen molar-refractivity contribution in [2.24, 2.45) is 0 Å². The smallest absolute Gasteiger partial charge is 0.322 e. The average Bonchev–Trinajstić information content (AvgIpc) is 3.10. The van der Waals surface area contributed by atoms with Crippen LogP contribution in [0.2, 0.25) is 5.02 Å². The van der Waals surface area contributed by atoms with Crippen molar-refractivity contribution in [1.82, 2.24) is 15.1 Å². The first-order chi connectivity index (χ1) is 14.8. The second kappa shape index (κ2) is 8.03. The van der Waals surface area contributed by atoms with E-state index in [0.29, 0.717) is 27.5 Å². The molecule has 2 aromatic carbocycles. The van der Waals surface area contributed by atoms with Crippen LogP contribution in [0.25, 0.3) is 0 Å². The van der Waals surface area contributed by atoms with Gasteiger partial charge in [-0.3, -0.25) is 14.5 Å². The van der Waals surface area contributed by atoms with Crippen LogP contribution in [-0.4, -0.2) is 47.3 Å². The fraction of sp³-hybridized carbons (Fsp3) is 0.227. The van der Waals surface area contributed by atoms with Crippen molar-refractivity contribution >= 4 is 35.1 Å². The lowest BCUT2D eigenvalue weighted by molar-refractivity contribution is -0.133. The molecule has 0 aliphatic carbocycles. The highest BCUT2D eigenvalue weighted by Gasteiger charge is 2.45. The van der Waals surface area contributed by atoms with Crippen LogP contribution in [0.4, 0.5) is 14.9 Å². The Morgan fingerprint density at radius 1 is 1.19 bits per heavy atom. The largest absolute Gasteiger partial charge is 0.326 e. The Labute approximate surface area is 183 Å². The molecular weight excluding hydrogens is 423 g/mol. The van der Waals surface area contributed by atoms with Gasteiger partial charge in [0.1, 0.15) is 11.9 Å². The number of benzene rings is 2. The zero-order valence-electron chi connectivity index (χ0n) is 16.9. The summed E-state index contributed by atoms with van der Waals surface area (Å²) in [6, 6.07) is 10.5. The quantitative estimate of drug-likeness (QED) is 0.762. The second-order valence-electron chi connectivity index (χ2n) is 7.43. The van der Waals surface area contributed by atoms with E-state index < -0.39 is 23.8 Å². The SMILES string of the molecule is CC(C(=O)Nc1ccc(F)cc1)N1CC2=C(C1=O)C(c1ccccc1Cl)NC(=O)N2C. The number of hydrogen-bond donors (Lipinski definition) is 2. The minimum absolute atomic E-state index is 0.108. The van der Waals surface area contributed by atoms with Crippen LogP contribution >= 0.6 is 11.6 Å². The molecule has 2 aromatic rings. The Kier molecular flexibility index (Phi) is 5.41. The van der Waals surface area contributed by atoms with E-state index in [1.807, 2.05) is 0 Å². The first-order valence-corrected chi connectivity index (χ1v) is 10.0. The van der Waals surface area contributed by atoms with Gasteiger partial charge < -0.3 is 15.5 Å². The van der Waals surface area contributed by atoms with Crippen molar-refractivity contribution in [3.8, 4) is 0 Å². The van der Waals surface area contributed by atoms with Crippen molar-refractivity contribution in [2.75, 3.05) is 18.9 Å². The lowest BCUT2D eigenvalue weighted by atomic mass is 9.95. The van der Waals surface area contributed by atoms with Gasteiger partial charge in [-0.15, -0.1) is 0 Å². The number of amides is 4. The van der Waals surface area contributed by atoms with Gasteiger partial charge in [-0.05, 0) is 42.8 Å². The summed E-state index contributed by atoms with van der Waals surface area (Å²) in [6.45, 7) is 1.71. The molecular formula is C22H20ClFN4O3. The van der Waals surface area contributed by atoms with Crippen LogP contribution in [0.3, 0.4) is 0 Å². The molecule has 2 aliphatic rings. The number of carbonyl (C=O) groups is 3. The summed E-state index contributed by atoms with van der Waals surface area (Å²) in [5.41, 5.74) is 1.94. The van der Waals surface area contributed by atoms with Gasteiger partial charge >= 0.3 is 6.03 Å². The summed E-state index contributed by atoms with van der Waals surface area (Å²) in [4.78, 5) is 41.4. The number of rotatable bonds is 4. The zero-order valence-corrected chi connectivity index (χ0v) is 17.6. The zero-order chi connectivity index (χ0) is 22.3. The number of nitrogens with one attached hydrogen (secondary N) is 2. The predicted octanol–water partition coefficient (Wildman–Crippen LogP) is 3.30. The lowest BCUT2D eigenvalue weighted by Crippen LogP contribution is -2.45. The maximum absolute atomic E-state index is 13.3. The van der Waals surface area contributed by atoms with E-state index in [1.54, 1.807) is 38.2 Å². The first kappa shape index (κ1) is 20.9. The molecule has 0 aromatic heterocycles. The maximum Gasteiger partial charge on any atom is 0.322 e. The Balaban J connectivity index is 1.60. The highest BCUT2D eigenvalue weighted by atomic mass is 35.5. The molecule has 4 rings (SSSR count). The van der Waals surface area contributed by atoms with Crippen LogP contribution in [0.15, 0.2) is 59.8 Å². The fourth-order valence-electron chi connectivity index (χ4n) is 3.77. The normalized spacial score (nSPS) is 19.3. The molecule has 2 aliphatic heterocycles. The molecule has 0 radical (unpaired) electrons. The minimum atomic E-state index is -0.821. The summed E-state index contributed by atoms with van der Waals surface area (Å²) in [5.74, 6) is -1.19. The maximum atomic E-state index is 13.3. The highest BCUT2D eigenvalue weighted by Crippen LogP contribution is 2.38. The van der Waals surface area contributed by atoms with Crippen molar-refractivity contribution < 1.29 is 18.8 Å². The van der Waals surface area contributed by atoms with Crippen molar-refractivity contribution in [3.63, 3.8) is 0 Å². The van der Waals surface area contributed by atoms with Crippen LogP contribution in [-0.2, 0) is 9.59 Å². The monoisotopic (exact) mass is 442 g/mol. The Morgan fingerprint density at radius 2 is 1.87 bits per heavy atom. The summed E-state index contributed by atoms with van der Waals surface area (Å²) in [5, 5.41) is 5.93. The van der Waals surface area contributed by atoms with Crippen LogP contribution < -0.4 is 10.6 Å². The van der Waals surface area contributed by atoms with E-state index in [9.17, 15) is 18.8 Å². The number of nitrogens with zero attached hydrogens (tertiary/aromatic N) is 2. The summed E-state index contributed by atoms with van der Waals surface area (Å²) in [6.07, 6.45) is 0. The van der Waals surface area contributed by atoms with Gasteiger partial charge in [0, 0.05) is 17.8 Å². The molecule has 0 fully saturated rings. The van der Waals surface area contributed by atoms with Crippen molar-refractivity contribution in [2.45, 2.75) is 19.0 Å². The number of anilines is 1. The molecule has 31 heavy (non-hydrogen) atoms. The van der Waals surface area contributed by atoms with Crippen LogP contribution in [0.1, 0.15) is 18.5 Å². The number of hydrogen-bond acceptors (Lipinski definition) is 3. The molecule has 160 valence electrons. The molecule has 0 bridgehead atoms. The third-order valence-corrected chi connectivity index (χ3v) is 5.91. The van der Waals surface area contributed by atoms with E-state index >= 15 is 0 Å². The number of carbonyl (C=O) groups excluding carboxylic acids is 3. The van der Waals surface area contributed by atoms with Gasteiger partial charge in [-0.1, -0.05) is 29.8 Å². The molecule has 0 saturated heterocycles. The topological polar surface area (TPSA) is 81.8 Å². The number of urea groups is 1. The van der Waals surface area contributed by atoms with E-state index in [1.165, 1.54) is 34.1 Å². The van der Waals surface area contributed by atoms with E-state index in [2.05, 4.69) is 10.6 Å². The second-order valence-corrected chi connectivity index (χ2v) is 7.84. The molecule has 4 amide bonds. The highest BCUT2D eigenvalue weighted by molar-refractivity contribution is 6.31. The van der Waals surface area contributed by atoms with Crippen molar-refractivity contribution in [3.05, 3.63) is 76.2 Å². The Bertz CT molecular complexity index is 1100. The van der Waals surface area contributed by atoms with Crippen molar-refractivity contribution in [1.29, 1.82) is 0 Å². The van der Waals surface area contributed by atoms with E-state index in [0.717, 1.165) is 0 Å². The van der Waals surface area contributed by atoms with E-state index in [-0.39, 0.29) is 18.5 Å². The minimum Gasteiger partial charge on any atom is -0.326 e. The lowest BCUT2D eigenvalue weighted by Gasteiger charge is -2.31. The summed E-state index contributed by atoms with van der Waals surface area (Å²) in [7, 11) is 1.58. The Hall–Kier alpha value is -3.39. The summed E-state index contributed by atoms with van der Waals surface area (Å²) < 4.78 is 13.1. The molecule has 7 nitrogen and oxygen atoms in total. The fourth-order valence-corrected chi connectivity index (χ4v) is 4.01. The van der Waals surface area contributed by atoms with Crippen LogP contribution in [0.5, 0.6) is 0 Å². The van der Waals surface area contributed by atoms with Gasteiger partial charge in [0.2, 0.25) is 5.91 Å².